The number of hydrogen-bond acceptors (Lipinski definition) is 5. The van der Waals surface area contributed by atoms with Gasteiger partial charge in [-0.2, -0.15) is 4.31 Å². The summed E-state index contributed by atoms with van der Waals surface area (Å²) < 4.78 is 31.7. The largest absolute Gasteiger partial charge is 0.383 e. The summed E-state index contributed by atoms with van der Waals surface area (Å²) in [6, 6.07) is 1.55. The van der Waals surface area contributed by atoms with E-state index in [0.29, 0.717) is 17.4 Å². The molecule has 0 aromatic carbocycles. The highest BCUT2D eigenvalue weighted by molar-refractivity contribution is 7.91. The maximum absolute atomic E-state index is 12.5. The predicted octanol–water partition coefficient (Wildman–Crippen LogP) is 1.43. The Balaban J connectivity index is 3.03. The van der Waals surface area contributed by atoms with Crippen LogP contribution in [0.2, 0.25) is 0 Å². The van der Waals surface area contributed by atoms with Crippen LogP contribution in [0.4, 0.5) is 0 Å². The van der Waals surface area contributed by atoms with Crippen molar-refractivity contribution in [2.75, 3.05) is 27.8 Å². The van der Waals surface area contributed by atoms with Gasteiger partial charge in [0.25, 0.3) is 10.0 Å². The first-order valence-electron chi connectivity index (χ1n) is 6.05. The highest BCUT2D eigenvalue weighted by Crippen LogP contribution is 2.28. The number of ether oxygens (including phenoxy) is 1. The van der Waals surface area contributed by atoms with Crippen molar-refractivity contribution in [1.82, 2.24) is 9.62 Å². The van der Waals surface area contributed by atoms with Crippen LogP contribution in [0.5, 0.6) is 0 Å². The first kappa shape index (κ1) is 16.6. The second kappa shape index (κ2) is 6.81. The van der Waals surface area contributed by atoms with Crippen molar-refractivity contribution in [1.29, 1.82) is 0 Å². The van der Waals surface area contributed by atoms with Crippen LogP contribution in [0.15, 0.2) is 10.3 Å². The number of aryl methyl sites for hydroxylation is 1. The van der Waals surface area contributed by atoms with E-state index in [1.165, 1.54) is 15.6 Å². The Hall–Kier alpha value is -0.470. The summed E-state index contributed by atoms with van der Waals surface area (Å²) in [6.45, 7) is 4.82. The minimum absolute atomic E-state index is 0.190. The number of thiophene rings is 1. The maximum atomic E-state index is 12.5. The molecule has 1 heterocycles. The summed E-state index contributed by atoms with van der Waals surface area (Å²) in [5, 5.41) is 3.04. The number of nitrogens with one attached hydrogen (secondary N) is 1. The molecule has 1 atom stereocenters. The summed E-state index contributed by atoms with van der Waals surface area (Å²) in [4.78, 5) is 1.05. The summed E-state index contributed by atoms with van der Waals surface area (Å²) in [5.74, 6) is 0. The number of methoxy groups -OCH3 is 1. The second-order valence-electron chi connectivity index (χ2n) is 4.53. The van der Waals surface area contributed by atoms with Crippen molar-refractivity contribution in [3.05, 3.63) is 16.5 Å². The van der Waals surface area contributed by atoms with Gasteiger partial charge in [-0.05, 0) is 32.5 Å². The molecule has 1 N–H and O–H groups in total. The molecule has 0 saturated carbocycles. The molecule has 1 unspecified atom stereocenters. The zero-order chi connectivity index (χ0) is 14.6. The van der Waals surface area contributed by atoms with E-state index in [9.17, 15) is 8.42 Å². The maximum Gasteiger partial charge on any atom is 0.252 e. The fraction of sp³-hybridized carbons (Fsp3) is 0.667. The molecule has 0 spiro atoms. The van der Waals surface area contributed by atoms with Gasteiger partial charge in [-0.25, -0.2) is 8.42 Å². The van der Waals surface area contributed by atoms with E-state index < -0.39 is 10.0 Å². The first-order valence-corrected chi connectivity index (χ1v) is 8.31. The molecule has 0 aliphatic rings. The van der Waals surface area contributed by atoms with Crippen LogP contribution in [-0.4, -0.2) is 46.6 Å². The molecule has 1 aromatic heterocycles. The molecule has 7 heteroatoms. The number of nitrogens with zero attached hydrogens (tertiary/aromatic N) is 1. The van der Waals surface area contributed by atoms with Gasteiger partial charge in [-0.1, -0.05) is 0 Å². The molecule has 0 bridgehead atoms. The van der Waals surface area contributed by atoms with Gasteiger partial charge in [0.15, 0.2) is 0 Å². The van der Waals surface area contributed by atoms with Crippen molar-refractivity contribution < 1.29 is 13.2 Å². The van der Waals surface area contributed by atoms with Gasteiger partial charge in [-0.3, -0.25) is 0 Å². The van der Waals surface area contributed by atoms with E-state index in [1.54, 1.807) is 20.2 Å². The normalized spacial score (nSPS) is 14.0. The van der Waals surface area contributed by atoms with Crippen LogP contribution in [0, 0.1) is 6.92 Å². The molecule has 19 heavy (non-hydrogen) atoms. The Morgan fingerprint density at radius 3 is 2.68 bits per heavy atom. The fourth-order valence-electron chi connectivity index (χ4n) is 1.68. The molecule has 1 rings (SSSR count). The van der Waals surface area contributed by atoms with Crippen molar-refractivity contribution in [2.45, 2.75) is 30.6 Å². The monoisotopic (exact) mass is 306 g/mol. The van der Waals surface area contributed by atoms with Crippen molar-refractivity contribution in [2.24, 2.45) is 0 Å². The van der Waals surface area contributed by atoms with Gasteiger partial charge in [0.05, 0.1) is 6.61 Å². The minimum Gasteiger partial charge on any atom is -0.383 e. The van der Waals surface area contributed by atoms with E-state index in [2.05, 4.69) is 5.32 Å². The Labute approximate surface area is 119 Å². The van der Waals surface area contributed by atoms with Gasteiger partial charge in [0.1, 0.15) is 4.21 Å². The average molecular weight is 306 g/mol. The van der Waals surface area contributed by atoms with Crippen molar-refractivity contribution in [3.8, 4) is 0 Å². The molecule has 110 valence electrons. The third-order valence-corrected chi connectivity index (χ3v) is 6.66. The SMILES string of the molecule is CNCc1sc(S(=O)(=O)N(C)C(C)COC)cc1C. The van der Waals surface area contributed by atoms with Gasteiger partial charge in [-0.15, -0.1) is 11.3 Å². The summed E-state index contributed by atoms with van der Waals surface area (Å²) in [7, 11) is 1.57. The lowest BCUT2D eigenvalue weighted by atomic mass is 10.3. The highest BCUT2D eigenvalue weighted by Gasteiger charge is 2.27. The molecule has 0 radical (unpaired) electrons. The average Bonchev–Trinajstić information content (AvgIpc) is 2.71. The quantitative estimate of drug-likeness (QED) is 0.828. The van der Waals surface area contributed by atoms with Gasteiger partial charge < -0.3 is 10.1 Å². The Bertz CT molecular complexity index is 511. The Morgan fingerprint density at radius 1 is 1.53 bits per heavy atom. The number of hydrogen-bond donors (Lipinski definition) is 1. The third-order valence-electron chi connectivity index (χ3n) is 3.00. The molecule has 0 saturated heterocycles. The number of sulfonamides is 1. The van der Waals surface area contributed by atoms with Gasteiger partial charge in [0, 0.05) is 31.6 Å². The summed E-state index contributed by atoms with van der Waals surface area (Å²) >= 11 is 1.32. The molecule has 0 fully saturated rings. The predicted molar refractivity (Wildman–Crippen MR) is 78.1 cm³/mol. The van der Waals surface area contributed by atoms with E-state index >= 15 is 0 Å². The van der Waals surface area contributed by atoms with Crippen molar-refractivity contribution in [3.63, 3.8) is 0 Å². The minimum atomic E-state index is -3.44. The van der Waals surface area contributed by atoms with Crippen LogP contribution in [0.25, 0.3) is 0 Å². The number of likely N-dealkylation sites (N-methyl/N-ethyl adjacent to an activating group) is 1. The lowest BCUT2D eigenvalue weighted by Gasteiger charge is -2.22. The van der Waals surface area contributed by atoms with Crippen LogP contribution in [-0.2, 0) is 21.3 Å². The lowest BCUT2D eigenvalue weighted by molar-refractivity contribution is 0.149. The van der Waals surface area contributed by atoms with E-state index in [-0.39, 0.29) is 6.04 Å². The van der Waals surface area contributed by atoms with Crippen molar-refractivity contribution >= 4 is 21.4 Å². The van der Waals surface area contributed by atoms with E-state index in [4.69, 9.17) is 4.74 Å². The van der Waals surface area contributed by atoms with E-state index in [1.807, 2.05) is 20.9 Å². The first-order chi connectivity index (χ1) is 8.84. The van der Waals surface area contributed by atoms with Crippen LogP contribution >= 0.6 is 11.3 Å². The van der Waals surface area contributed by atoms with Gasteiger partial charge >= 0.3 is 0 Å². The molecule has 0 amide bonds. The topological polar surface area (TPSA) is 58.6 Å². The number of rotatable bonds is 7. The fourth-order valence-corrected chi connectivity index (χ4v) is 4.81. The molecule has 0 aliphatic heterocycles. The lowest BCUT2D eigenvalue weighted by Crippen LogP contribution is -2.37. The van der Waals surface area contributed by atoms with Gasteiger partial charge in [0.2, 0.25) is 0 Å². The summed E-state index contributed by atoms with van der Waals surface area (Å²) in [6.07, 6.45) is 0. The van der Waals surface area contributed by atoms with Crippen LogP contribution < -0.4 is 5.32 Å². The zero-order valence-corrected chi connectivity index (χ0v) is 13.7. The molecule has 1 aromatic rings. The third kappa shape index (κ3) is 3.76. The molecule has 0 aliphatic carbocycles. The smallest absolute Gasteiger partial charge is 0.252 e. The zero-order valence-electron chi connectivity index (χ0n) is 12.1. The van der Waals surface area contributed by atoms with E-state index in [0.717, 1.165) is 10.4 Å². The Kier molecular flexibility index (Phi) is 5.94. The standard InChI is InChI=1S/C12H22N2O3S2/c1-9-6-12(18-11(9)7-13-3)19(15,16)14(4)10(2)8-17-5/h6,10,13H,7-8H2,1-5H3. The second-order valence-corrected chi connectivity index (χ2v) is 7.89. The molecular weight excluding hydrogens is 284 g/mol. The van der Waals surface area contributed by atoms with Crippen LogP contribution in [0.3, 0.4) is 0 Å². The highest BCUT2D eigenvalue weighted by atomic mass is 32.2. The summed E-state index contributed by atoms with van der Waals surface area (Å²) in [5.41, 5.74) is 1.01. The van der Waals surface area contributed by atoms with Crippen LogP contribution in [0.1, 0.15) is 17.4 Å². The Morgan fingerprint density at radius 2 is 2.16 bits per heavy atom. The molecular formula is C12H22N2O3S2. The molecule has 5 nitrogen and oxygen atoms in total.